The van der Waals surface area contributed by atoms with E-state index in [0.717, 1.165) is 25.0 Å². The highest BCUT2D eigenvalue weighted by Crippen LogP contribution is 2.22. The van der Waals surface area contributed by atoms with Crippen LogP contribution < -0.4 is 5.73 Å². The van der Waals surface area contributed by atoms with Crippen LogP contribution in [0.15, 0.2) is 16.6 Å². The number of amides is 1. The minimum absolute atomic E-state index is 0.0648. The van der Waals surface area contributed by atoms with Crippen molar-refractivity contribution in [2.75, 3.05) is 19.6 Å². The fraction of sp³-hybridized carbons (Fsp3) is 0.500. The zero-order chi connectivity index (χ0) is 14.7. The van der Waals surface area contributed by atoms with Gasteiger partial charge >= 0.3 is 0 Å². The van der Waals surface area contributed by atoms with Gasteiger partial charge in [-0.25, -0.2) is 8.78 Å². The highest BCUT2D eigenvalue weighted by Gasteiger charge is 2.23. The Morgan fingerprint density at radius 2 is 1.95 bits per heavy atom. The van der Waals surface area contributed by atoms with E-state index in [1.165, 1.54) is 0 Å². The van der Waals surface area contributed by atoms with Crippen molar-refractivity contribution < 1.29 is 13.6 Å². The molecule has 2 N–H and O–H groups in total. The molecule has 0 atom stereocenters. The summed E-state index contributed by atoms with van der Waals surface area (Å²) in [6.07, 6.45) is 1.64. The second-order valence-corrected chi connectivity index (χ2v) is 5.95. The van der Waals surface area contributed by atoms with Crippen LogP contribution in [0.4, 0.5) is 8.78 Å². The van der Waals surface area contributed by atoms with Crippen LogP contribution in [0.3, 0.4) is 0 Å². The van der Waals surface area contributed by atoms with E-state index in [1.807, 2.05) is 0 Å². The summed E-state index contributed by atoms with van der Waals surface area (Å²) in [5.74, 6) is -0.832. The van der Waals surface area contributed by atoms with Gasteiger partial charge in [-0.05, 0) is 53.4 Å². The standard InChI is InChI=1S/C14H17BrF2N2O/c15-11-7-12(16)10(5-13(11)17)6-14(20)19-3-1-9(8-18)2-4-19/h5,7,9H,1-4,6,8,18H2. The molecule has 0 bridgehead atoms. The van der Waals surface area contributed by atoms with Crippen LogP contribution in [0.5, 0.6) is 0 Å². The minimum Gasteiger partial charge on any atom is -0.342 e. The molecule has 1 amide bonds. The zero-order valence-electron chi connectivity index (χ0n) is 11.0. The summed E-state index contributed by atoms with van der Waals surface area (Å²) in [4.78, 5) is 13.8. The number of nitrogens with zero attached hydrogens (tertiary/aromatic N) is 1. The summed E-state index contributed by atoms with van der Waals surface area (Å²) in [5, 5.41) is 0. The number of likely N-dealkylation sites (tertiary alicyclic amines) is 1. The maximum atomic E-state index is 13.7. The fourth-order valence-electron chi connectivity index (χ4n) is 2.39. The van der Waals surface area contributed by atoms with E-state index in [2.05, 4.69) is 15.9 Å². The quantitative estimate of drug-likeness (QED) is 0.854. The molecule has 3 nitrogen and oxygen atoms in total. The van der Waals surface area contributed by atoms with Crippen molar-refractivity contribution in [3.05, 3.63) is 33.8 Å². The average molecular weight is 347 g/mol. The molecule has 6 heteroatoms. The van der Waals surface area contributed by atoms with Crippen molar-refractivity contribution >= 4 is 21.8 Å². The lowest BCUT2D eigenvalue weighted by atomic mass is 9.96. The molecule has 1 heterocycles. The van der Waals surface area contributed by atoms with Gasteiger partial charge in [-0.15, -0.1) is 0 Å². The molecule has 0 saturated carbocycles. The van der Waals surface area contributed by atoms with Crippen molar-refractivity contribution in [1.82, 2.24) is 4.90 Å². The molecule has 1 aliphatic heterocycles. The topological polar surface area (TPSA) is 46.3 Å². The Morgan fingerprint density at radius 1 is 1.30 bits per heavy atom. The van der Waals surface area contributed by atoms with Crippen LogP contribution in [-0.2, 0) is 11.2 Å². The molecule has 0 spiro atoms. The number of carbonyl (C=O) groups excluding carboxylic acids is 1. The van der Waals surface area contributed by atoms with Gasteiger partial charge in [0.1, 0.15) is 11.6 Å². The molecule has 0 aromatic heterocycles. The van der Waals surface area contributed by atoms with E-state index >= 15 is 0 Å². The number of hydrogen-bond acceptors (Lipinski definition) is 2. The highest BCUT2D eigenvalue weighted by molar-refractivity contribution is 9.10. The molecule has 1 saturated heterocycles. The molecule has 1 aromatic carbocycles. The Balaban J connectivity index is 2.00. The van der Waals surface area contributed by atoms with Gasteiger partial charge in [0.2, 0.25) is 5.91 Å². The maximum Gasteiger partial charge on any atom is 0.227 e. The van der Waals surface area contributed by atoms with Crippen LogP contribution in [0.1, 0.15) is 18.4 Å². The van der Waals surface area contributed by atoms with E-state index in [9.17, 15) is 13.6 Å². The molecular weight excluding hydrogens is 330 g/mol. The molecule has 1 fully saturated rings. The molecule has 20 heavy (non-hydrogen) atoms. The Labute approximate surface area is 125 Å². The summed E-state index contributed by atoms with van der Waals surface area (Å²) < 4.78 is 27.2. The fourth-order valence-corrected chi connectivity index (χ4v) is 2.71. The summed E-state index contributed by atoms with van der Waals surface area (Å²) in [5.41, 5.74) is 5.69. The van der Waals surface area contributed by atoms with Crippen LogP contribution in [0.25, 0.3) is 0 Å². The minimum atomic E-state index is -0.566. The summed E-state index contributed by atoms with van der Waals surface area (Å²) in [7, 11) is 0. The number of hydrogen-bond donors (Lipinski definition) is 1. The molecule has 1 aliphatic rings. The molecule has 0 aliphatic carbocycles. The number of nitrogens with two attached hydrogens (primary N) is 1. The van der Waals surface area contributed by atoms with E-state index in [1.54, 1.807) is 4.90 Å². The number of benzene rings is 1. The molecule has 0 radical (unpaired) electrons. The Kier molecular flexibility index (Phi) is 5.10. The Hall–Kier alpha value is -1.01. The Bertz CT molecular complexity index is 502. The molecule has 110 valence electrons. The van der Waals surface area contributed by atoms with E-state index in [4.69, 9.17) is 5.73 Å². The van der Waals surface area contributed by atoms with E-state index in [0.29, 0.717) is 25.6 Å². The first-order valence-electron chi connectivity index (χ1n) is 6.62. The molecule has 0 unspecified atom stereocenters. The van der Waals surface area contributed by atoms with Gasteiger partial charge in [0.25, 0.3) is 0 Å². The lowest BCUT2D eigenvalue weighted by Crippen LogP contribution is -2.40. The van der Waals surface area contributed by atoms with Crippen molar-refractivity contribution in [1.29, 1.82) is 0 Å². The molecule has 2 rings (SSSR count). The molecular formula is C14H17BrF2N2O. The van der Waals surface area contributed by atoms with Crippen LogP contribution in [0, 0.1) is 17.6 Å². The van der Waals surface area contributed by atoms with Gasteiger partial charge in [0, 0.05) is 18.7 Å². The summed E-state index contributed by atoms with van der Waals surface area (Å²) in [6, 6.07) is 2.13. The van der Waals surface area contributed by atoms with Gasteiger partial charge in [-0.2, -0.15) is 0 Å². The predicted octanol–water partition coefficient (Wildman–Crippen LogP) is 2.47. The van der Waals surface area contributed by atoms with Gasteiger partial charge in [0.15, 0.2) is 0 Å². The van der Waals surface area contributed by atoms with Gasteiger partial charge < -0.3 is 10.6 Å². The number of carbonyl (C=O) groups is 1. The number of piperidine rings is 1. The second kappa shape index (κ2) is 6.63. The summed E-state index contributed by atoms with van der Waals surface area (Å²) >= 11 is 2.92. The molecule has 1 aromatic rings. The SMILES string of the molecule is NCC1CCN(C(=O)Cc2cc(F)c(Br)cc2F)CC1. The Morgan fingerprint density at radius 3 is 2.55 bits per heavy atom. The van der Waals surface area contributed by atoms with Crippen molar-refractivity contribution in [2.45, 2.75) is 19.3 Å². The number of rotatable bonds is 3. The van der Waals surface area contributed by atoms with Gasteiger partial charge in [-0.3, -0.25) is 4.79 Å². The lowest BCUT2D eigenvalue weighted by molar-refractivity contribution is -0.131. The first-order chi connectivity index (χ1) is 9.51. The zero-order valence-corrected chi connectivity index (χ0v) is 12.6. The van der Waals surface area contributed by atoms with E-state index in [-0.39, 0.29) is 22.4 Å². The average Bonchev–Trinajstić information content (AvgIpc) is 2.44. The van der Waals surface area contributed by atoms with Crippen molar-refractivity contribution in [3.8, 4) is 0 Å². The third-order valence-electron chi connectivity index (χ3n) is 3.73. The monoisotopic (exact) mass is 346 g/mol. The van der Waals surface area contributed by atoms with Crippen LogP contribution >= 0.6 is 15.9 Å². The number of halogens is 3. The van der Waals surface area contributed by atoms with Gasteiger partial charge in [0.05, 0.1) is 10.9 Å². The van der Waals surface area contributed by atoms with Gasteiger partial charge in [-0.1, -0.05) is 0 Å². The highest BCUT2D eigenvalue weighted by atomic mass is 79.9. The predicted molar refractivity (Wildman–Crippen MR) is 76.1 cm³/mol. The normalized spacial score (nSPS) is 16.5. The summed E-state index contributed by atoms with van der Waals surface area (Å²) in [6.45, 7) is 1.91. The largest absolute Gasteiger partial charge is 0.342 e. The van der Waals surface area contributed by atoms with E-state index < -0.39 is 11.6 Å². The first kappa shape index (κ1) is 15.4. The van der Waals surface area contributed by atoms with Crippen molar-refractivity contribution in [3.63, 3.8) is 0 Å². The smallest absolute Gasteiger partial charge is 0.227 e. The second-order valence-electron chi connectivity index (χ2n) is 5.09. The first-order valence-corrected chi connectivity index (χ1v) is 7.41. The van der Waals surface area contributed by atoms with Crippen LogP contribution in [0.2, 0.25) is 0 Å². The third kappa shape index (κ3) is 3.55. The van der Waals surface area contributed by atoms with Crippen molar-refractivity contribution in [2.24, 2.45) is 11.7 Å². The lowest BCUT2D eigenvalue weighted by Gasteiger charge is -2.31. The third-order valence-corrected chi connectivity index (χ3v) is 4.34. The van der Waals surface area contributed by atoms with Crippen LogP contribution in [-0.4, -0.2) is 30.4 Å². The maximum absolute atomic E-state index is 13.7.